The lowest BCUT2D eigenvalue weighted by Gasteiger charge is -2.23. The van der Waals surface area contributed by atoms with Crippen LogP contribution >= 0.6 is 15.9 Å². The van der Waals surface area contributed by atoms with Crippen LogP contribution in [0.2, 0.25) is 0 Å². The summed E-state index contributed by atoms with van der Waals surface area (Å²) in [4.78, 5) is 12.1. The van der Waals surface area contributed by atoms with E-state index in [2.05, 4.69) is 21.2 Å². The van der Waals surface area contributed by atoms with E-state index in [4.69, 9.17) is 4.74 Å². The second-order valence-electron chi connectivity index (χ2n) is 5.10. The van der Waals surface area contributed by atoms with E-state index in [9.17, 15) is 4.79 Å². The van der Waals surface area contributed by atoms with Crippen LogP contribution in [-0.4, -0.2) is 24.7 Å². The minimum Gasteiger partial charge on any atom is -0.373 e. The van der Waals surface area contributed by atoms with Crippen LogP contribution in [0.15, 0.2) is 22.7 Å². The lowest BCUT2D eigenvalue weighted by Crippen LogP contribution is -2.40. The average Bonchev–Trinajstić information content (AvgIpc) is 2.72. The monoisotopic (exact) mass is 311 g/mol. The number of hydrogen-bond donors (Lipinski definition) is 1. The highest BCUT2D eigenvalue weighted by atomic mass is 79.9. The average molecular weight is 312 g/mol. The molecular weight excluding hydrogens is 294 g/mol. The Bertz CT molecular complexity index is 433. The van der Waals surface area contributed by atoms with E-state index >= 15 is 0 Å². The van der Waals surface area contributed by atoms with Crippen molar-refractivity contribution >= 4 is 21.8 Å². The smallest absolute Gasteiger partial charge is 0.251 e. The summed E-state index contributed by atoms with van der Waals surface area (Å²) in [6, 6.07) is 5.70. The lowest BCUT2D eigenvalue weighted by atomic mass is 10.0. The van der Waals surface area contributed by atoms with Gasteiger partial charge in [-0.1, -0.05) is 15.9 Å². The van der Waals surface area contributed by atoms with E-state index < -0.39 is 0 Å². The third-order valence-electron chi connectivity index (χ3n) is 3.23. The van der Waals surface area contributed by atoms with E-state index in [1.807, 2.05) is 32.0 Å². The van der Waals surface area contributed by atoms with Gasteiger partial charge in [-0.25, -0.2) is 0 Å². The standard InChI is InChI=1S/C14H18BrNO2/c1-10-6-11(8-12(15)7-10)13(17)16-9-14(2)4-3-5-18-14/h6-8H,3-5,9H2,1-2H3,(H,16,17). The van der Waals surface area contributed by atoms with Gasteiger partial charge in [-0.3, -0.25) is 4.79 Å². The number of halogens is 1. The van der Waals surface area contributed by atoms with Crippen molar-refractivity contribution in [1.82, 2.24) is 5.32 Å². The molecule has 1 amide bonds. The first-order valence-corrected chi connectivity index (χ1v) is 6.97. The Morgan fingerprint density at radius 3 is 2.89 bits per heavy atom. The molecule has 1 atom stereocenters. The molecule has 0 saturated carbocycles. The highest BCUT2D eigenvalue weighted by Gasteiger charge is 2.30. The van der Waals surface area contributed by atoms with Crippen molar-refractivity contribution in [2.24, 2.45) is 0 Å². The number of hydrogen-bond acceptors (Lipinski definition) is 2. The molecule has 0 aromatic heterocycles. The predicted octanol–water partition coefficient (Wildman–Crippen LogP) is 3.06. The number of benzene rings is 1. The minimum atomic E-state index is -0.198. The molecule has 1 N–H and O–H groups in total. The van der Waals surface area contributed by atoms with Crippen LogP contribution in [0.4, 0.5) is 0 Å². The first-order chi connectivity index (χ1) is 8.48. The van der Waals surface area contributed by atoms with Crippen molar-refractivity contribution in [2.75, 3.05) is 13.2 Å². The Balaban J connectivity index is 1.99. The summed E-state index contributed by atoms with van der Waals surface area (Å²) in [6.45, 7) is 5.38. The van der Waals surface area contributed by atoms with E-state index in [1.54, 1.807) is 0 Å². The van der Waals surface area contributed by atoms with Crippen molar-refractivity contribution in [3.63, 3.8) is 0 Å². The molecule has 1 aliphatic heterocycles. The van der Waals surface area contributed by atoms with Crippen molar-refractivity contribution in [3.05, 3.63) is 33.8 Å². The maximum atomic E-state index is 12.1. The van der Waals surface area contributed by atoms with Crippen molar-refractivity contribution in [3.8, 4) is 0 Å². The summed E-state index contributed by atoms with van der Waals surface area (Å²) >= 11 is 3.40. The molecular formula is C14H18BrNO2. The molecule has 1 heterocycles. The number of carbonyl (C=O) groups excluding carboxylic acids is 1. The van der Waals surface area contributed by atoms with Crippen LogP contribution in [0.1, 0.15) is 35.7 Å². The van der Waals surface area contributed by atoms with Gasteiger partial charge >= 0.3 is 0 Å². The fourth-order valence-corrected chi connectivity index (χ4v) is 2.82. The summed E-state index contributed by atoms with van der Waals surface area (Å²) in [5, 5.41) is 2.95. The number of nitrogens with one attached hydrogen (secondary N) is 1. The van der Waals surface area contributed by atoms with Gasteiger partial charge in [0.2, 0.25) is 0 Å². The summed E-state index contributed by atoms with van der Waals surface area (Å²) in [5.74, 6) is -0.0453. The fraction of sp³-hybridized carbons (Fsp3) is 0.500. The summed E-state index contributed by atoms with van der Waals surface area (Å²) in [5.41, 5.74) is 1.55. The van der Waals surface area contributed by atoms with Gasteiger partial charge in [0, 0.05) is 23.2 Å². The normalized spacial score (nSPS) is 23.1. The summed E-state index contributed by atoms with van der Waals surface area (Å²) in [7, 11) is 0. The van der Waals surface area contributed by atoms with Crippen LogP contribution in [0.5, 0.6) is 0 Å². The number of ether oxygens (including phenoxy) is 1. The van der Waals surface area contributed by atoms with Gasteiger partial charge in [0.1, 0.15) is 0 Å². The molecule has 1 fully saturated rings. The van der Waals surface area contributed by atoms with E-state index in [1.165, 1.54) is 0 Å². The maximum Gasteiger partial charge on any atom is 0.251 e. The summed E-state index contributed by atoms with van der Waals surface area (Å²) < 4.78 is 6.58. The molecule has 1 unspecified atom stereocenters. The predicted molar refractivity (Wildman–Crippen MR) is 74.8 cm³/mol. The zero-order chi connectivity index (χ0) is 13.2. The lowest BCUT2D eigenvalue weighted by molar-refractivity contribution is 0.0206. The van der Waals surface area contributed by atoms with Crippen LogP contribution in [0.25, 0.3) is 0 Å². The molecule has 4 heteroatoms. The topological polar surface area (TPSA) is 38.3 Å². The highest BCUT2D eigenvalue weighted by Crippen LogP contribution is 2.24. The van der Waals surface area contributed by atoms with Crippen molar-refractivity contribution in [1.29, 1.82) is 0 Å². The van der Waals surface area contributed by atoms with Gasteiger partial charge in [-0.15, -0.1) is 0 Å². The molecule has 1 aromatic rings. The maximum absolute atomic E-state index is 12.1. The van der Waals surface area contributed by atoms with E-state index in [-0.39, 0.29) is 11.5 Å². The SMILES string of the molecule is Cc1cc(Br)cc(C(=O)NCC2(C)CCCO2)c1. The van der Waals surface area contributed by atoms with Crippen molar-refractivity contribution < 1.29 is 9.53 Å². The Morgan fingerprint density at radius 2 is 2.28 bits per heavy atom. The van der Waals surface area contributed by atoms with Gasteiger partial charge in [0.25, 0.3) is 5.91 Å². The molecule has 3 nitrogen and oxygen atoms in total. The molecule has 0 aliphatic carbocycles. The van der Waals surface area contributed by atoms with Gasteiger partial charge in [-0.2, -0.15) is 0 Å². The molecule has 2 rings (SSSR count). The Kier molecular flexibility index (Phi) is 4.07. The second kappa shape index (κ2) is 5.41. The molecule has 98 valence electrons. The highest BCUT2D eigenvalue weighted by molar-refractivity contribution is 9.10. The molecule has 0 bridgehead atoms. The Labute approximate surface area is 116 Å². The molecule has 18 heavy (non-hydrogen) atoms. The third-order valence-corrected chi connectivity index (χ3v) is 3.69. The van der Waals surface area contributed by atoms with Gasteiger partial charge < -0.3 is 10.1 Å². The number of amides is 1. The molecule has 0 spiro atoms. The van der Waals surface area contributed by atoms with E-state index in [0.29, 0.717) is 12.1 Å². The molecule has 1 aliphatic rings. The summed E-state index contributed by atoms with van der Waals surface area (Å²) in [6.07, 6.45) is 2.08. The molecule has 1 saturated heterocycles. The van der Waals surface area contributed by atoms with Crippen LogP contribution in [-0.2, 0) is 4.74 Å². The fourth-order valence-electron chi connectivity index (χ4n) is 2.21. The van der Waals surface area contributed by atoms with Gasteiger partial charge in [-0.05, 0) is 50.5 Å². The molecule has 0 radical (unpaired) electrons. The third kappa shape index (κ3) is 3.33. The first kappa shape index (κ1) is 13.6. The largest absolute Gasteiger partial charge is 0.373 e. The van der Waals surface area contributed by atoms with Gasteiger partial charge in [0.05, 0.1) is 5.60 Å². The van der Waals surface area contributed by atoms with E-state index in [0.717, 1.165) is 29.5 Å². The number of aryl methyl sites for hydroxylation is 1. The second-order valence-corrected chi connectivity index (χ2v) is 6.02. The zero-order valence-corrected chi connectivity index (χ0v) is 12.3. The Morgan fingerprint density at radius 1 is 1.50 bits per heavy atom. The van der Waals surface area contributed by atoms with Crippen LogP contribution < -0.4 is 5.32 Å². The van der Waals surface area contributed by atoms with Gasteiger partial charge in [0.15, 0.2) is 0 Å². The van der Waals surface area contributed by atoms with Crippen LogP contribution in [0.3, 0.4) is 0 Å². The minimum absolute atomic E-state index is 0.0453. The number of carbonyl (C=O) groups is 1. The molecule has 1 aromatic carbocycles. The number of rotatable bonds is 3. The first-order valence-electron chi connectivity index (χ1n) is 6.18. The Hall–Kier alpha value is -0.870. The van der Waals surface area contributed by atoms with Crippen LogP contribution in [0, 0.1) is 6.92 Å². The van der Waals surface area contributed by atoms with Crippen molar-refractivity contribution in [2.45, 2.75) is 32.3 Å². The quantitative estimate of drug-likeness (QED) is 0.931. The zero-order valence-electron chi connectivity index (χ0n) is 10.8.